The first-order valence-corrected chi connectivity index (χ1v) is 7.52. The Hall–Kier alpha value is -2.11. The van der Waals surface area contributed by atoms with E-state index in [-0.39, 0.29) is 23.9 Å². The van der Waals surface area contributed by atoms with E-state index in [9.17, 15) is 9.18 Å². The van der Waals surface area contributed by atoms with Gasteiger partial charge in [0.05, 0.1) is 12.6 Å². The van der Waals surface area contributed by atoms with Crippen LogP contribution in [0.15, 0.2) is 18.2 Å². The highest BCUT2D eigenvalue weighted by Crippen LogP contribution is 2.32. The number of methoxy groups -OCH3 is 1. The number of carbonyl (C=O) groups excluding carboxylic acids is 1. The van der Waals surface area contributed by atoms with Crippen LogP contribution in [0.25, 0.3) is 11.0 Å². The molecule has 0 spiro atoms. The average Bonchev–Trinajstić information content (AvgIpc) is 3.11. The number of rotatable bonds is 2. The molecule has 0 unspecified atom stereocenters. The van der Waals surface area contributed by atoms with Crippen LogP contribution < -0.4 is 0 Å². The molecule has 22 heavy (non-hydrogen) atoms. The maximum Gasteiger partial charge on any atom is 0.409 e. The first kappa shape index (κ1) is 14.8. The van der Waals surface area contributed by atoms with Gasteiger partial charge in [-0.25, -0.2) is 14.2 Å². The van der Waals surface area contributed by atoms with Gasteiger partial charge >= 0.3 is 6.09 Å². The molecule has 3 rings (SSSR count). The predicted octanol–water partition coefficient (Wildman–Crippen LogP) is 3.31. The number of hydrogen-bond donors (Lipinski definition) is 0. The first-order chi connectivity index (χ1) is 10.5. The van der Waals surface area contributed by atoms with Crippen LogP contribution in [0.1, 0.15) is 38.1 Å². The number of aromatic nitrogens is 2. The van der Waals surface area contributed by atoms with Crippen LogP contribution in [0.2, 0.25) is 0 Å². The topological polar surface area (TPSA) is 47.4 Å². The standard InChI is InChI=1S/C16H20FN3O2/c1-10(2)20-13-6-4-5-12(17)14(13)18-15(20)11-7-8-19(9-11)16(21)22-3/h4-6,10-11H,7-9H2,1-3H3/t11-/m1/s1. The molecule has 1 atom stereocenters. The second-order valence-corrected chi connectivity index (χ2v) is 5.94. The van der Waals surface area contributed by atoms with Crippen molar-refractivity contribution in [1.29, 1.82) is 0 Å². The predicted molar refractivity (Wildman–Crippen MR) is 81.4 cm³/mol. The van der Waals surface area contributed by atoms with Crippen LogP contribution in [0, 0.1) is 5.82 Å². The van der Waals surface area contributed by atoms with E-state index >= 15 is 0 Å². The fraction of sp³-hybridized carbons (Fsp3) is 0.500. The van der Waals surface area contributed by atoms with Crippen LogP contribution >= 0.6 is 0 Å². The summed E-state index contributed by atoms with van der Waals surface area (Å²) in [6.07, 6.45) is 0.494. The molecule has 0 bridgehead atoms. The van der Waals surface area contributed by atoms with Gasteiger partial charge in [-0.1, -0.05) is 6.07 Å². The highest BCUT2D eigenvalue weighted by atomic mass is 19.1. The Bertz CT molecular complexity index is 711. The van der Waals surface area contributed by atoms with Gasteiger partial charge in [-0.2, -0.15) is 0 Å². The van der Waals surface area contributed by atoms with Crippen molar-refractivity contribution in [3.8, 4) is 0 Å². The lowest BCUT2D eigenvalue weighted by Crippen LogP contribution is -2.28. The zero-order chi connectivity index (χ0) is 15.9. The molecule has 1 amide bonds. The van der Waals surface area contributed by atoms with E-state index in [2.05, 4.69) is 23.4 Å². The Balaban J connectivity index is 2.02. The maximum absolute atomic E-state index is 14.0. The van der Waals surface area contributed by atoms with Gasteiger partial charge in [0.1, 0.15) is 11.3 Å². The van der Waals surface area contributed by atoms with E-state index < -0.39 is 0 Å². The fourth-order valence-electron chi connectivity index (χ4n) is 3.20. The molecule has 1 fully saturated rings. The van der Waals surface area contributed by atoms with Crippen LogP contribution in [0.4, 0.5) is 9.18 Å². The summed E-state index contributed by atoms with van der Waals surface area (Å²) < 4.78 is 20.9. The summed E-state index contributed by atoms with van der Waals surface area (Å²) in [5.74, 6) is 0.649. The molecular weight excluding hydrogens is 285 g/mol. The molecule has 1 saturated heterocycles. The Morgan fingerprint density at radius 3 is 2.91 bits per heavy atom. The van der Waals surface area contributed by atoms with Crippen LogP contribution in [-0.4, -0.2) is 40.7 Å². The van der Waals surface area contributed by atoms with Crippen molar-refractivity contribution in [1.82, 2.24) is 14.5 Å². The number of amides is 1. The van der Waals surface area contributed by atoms with Gasteiger partial charge in [0.2, 0.25) is 0 Å². The molecule has 0 N–H and O–H groups in total. The zero-order valence-electron chi connectivity index (χ0n) is 13.0. The first-order valence-electron chi connectivity index (χ1n) is 7.52. The molecule has 1 aromatic heterocycles. The highest BCUT2D eigenvalue weighted by Gasteiger charge is 2.32. The van der Waals surface area contributed by atoms with Gasteiger partial charge < -0.3 is 14.2 Å². The lowest BCUT2D eigenvalue weighted by atomic mass is 10.1. The number of hydrogen-bond acceptors (Lipinski definition) is 3. The third-order valence-electron chi connectivity index (χ3n) is 4.20. The summed E-state index contributed by atoms with van der Waals surface area (Å²) in [5.41, 5.74) is 1.21. The molecule has 0 radical (unpaired) electrons. The van der Waals surface area contributed by atoms with E-state index in [1.807, 2.05) is 6.07 Å². The minimum absolute atomic E-state index is 0.105. The number of likely N-dealkylation sites (tertiary alicyclic amines) is 1. The monoisotopic (exact) mass is 305 g/mol. The Kier molecular flexibility index (Phi) is 3.76. The molecule has 1 aliphatic rings. The van der Waals surface area contributed by atoms with E-state index in [0.717, 1.165) is 17.8 Å². The zero-order valence-corrected chi connectivity index (χ0v) is 13.0. The van der Waals surface area contributed by atoms with Gasteiger partial charge in [-0.15, -0.1) is 0 Å². The van der Waals surface area contributed by atoms with Crippen molar-refractivity contribution in [2.45, 2.75) is 32.2 Å². The smallest absolute Gasteiger partial charge is 0.409 e. The molecule has 0 saturated carbocycles. The van der Waals surface area contributed by atoms with E-state index in [1.165, 1.54) is 13.2 Å². The second-order valence-electron chi connectivity index (χ2n) is 5.94. The van der Waals surface area contributed by atoms with Crippen molar-refractivity contribution in [3.05, 3.63) is 29.8 Å². The summed E-state index contributed by atoms with van der Waals surface area (Å²) in [4.78, 5) is 17.9. The molecular formula is C16H20FN3O2. The number of benzene rings is 1. The summed E-state index contributed by atoms with van der Waals surface area (Å²) in [5, 5.41) is 0. The minimum Gasteiger partial charge on any atom is -0.453 e. The van der Waals surface area contributed by atoms with Gasteiger partial charge in [0, 0.05) is 25.0 Å². The fourth-order valence-corrected chi connectivity index (χ4v) is 3.20. The number of halogens is 1. The van der Waals surface area contributed by atoms with Gasteiger partial charge in [-0.3, -0.25) is 0 Å². The van der Waals surface area contributed by atoms with Crippen molar-refractivity contribution in [3.63, 3.8) is 0 Å². The van der Waals surface area contributed by atoms with Crippen molar-refractivity contribution < 1.29 is 13.9 Å². The molecule has 6 heteroatoms. The molecule has 1 aromatic carbocycles. The number of nitrogens with zero attached hydrogens (tertiary/aromatic N) is 3. The maximum atomic E-state index is 14.0. The largest absolute Gasteiger partial charge is 0.453 e. The van der Waals surface area contributed by atoms with Crippen LogP contribution in [0.5, 0.6) is 0 Å². The number of ether oxygens (including phenoxy) is 1. The molecule has 5 nitrogen and oxygen atoms in total. The molecule has 2 aromatic rings. The third-order valence-corrected chi connectivity index (χ3v) is 4.20. The van der Waals surface area contributed by atoms with Crippen molar-refractivity contribution in [2.75, 3.05) is 20.2 Å². The molecule has 2 heterocycles. The average molecular weight is 305 g/mol. The number of para-hydroxylation sites is 1. The Morgan fingerprint density at radius 1 is 1.45 bits per heavy atom. The van der Waals surface area contributed by atoms with Crippen LogP contribution in [-0.2, 0) is 4.74 Å². The van der Waals surface area contributed by atoms with Gasteiger partial charge in [0.25, 0.3) is 0 Å². The summed E-state index contributed by atoms with van der Waals surface area (Å²) >= 11 is 0. The Morgan fingerprint density at radius 2 is 2.23 bits per heavy atom. The summed E-state index contributed by atoms with van der Waals surface area (Å²) in [6, 6.07) is 5.20. The molecule has 118 valence electrons. The number of carbonyl (C=O) groups is 1. The SMILES string of the molecule is COC(=O)N1CC[C@@H](c2nc3c(F)cccc3n2C(C)C)C1. The van der Waals surface area contributed by atoms with E-state index in [1.54, 1.807) is 11.0 Å². The summed E-state index contributed by atoms with van der Waals surface area (Å²) in [6.45, 7) is 5.32. The second kappa shape index (κ2) is 5.59. The molecule has 0 aliphatic carbocycles. The summed E-state index contributed by atoms with van der Waals surface area (Å²) in [7, 11) is 1.38. The lowest BCUT2D eigenvalue weighted by Gasteiger charge is -2.18. The van der Waals surface area contributed by atoms with Crippen LogP contribution in [0.3, 0.4) is 0 Å². The molecule has 1 aliphatic heterocycles. The normalized spacial score (nSPS) is 18.4. The van der Waals surface area contributed by atoms with Crippen molar-refractivity contribution in [2.24, 2.45) is 0 Å². The number of imidazole rings is 1. The quantitative estimate of drug-likeness (QED) is 0.855. The van der Waals surface area contributed by atoms with E-state index in [0.29, 0.717) is 18.6 Å². The number of fused-ring (bicyclic) bond motifs is 1. The van der Waals surface area contributed by atoms with Gasteiger partial charge in [0.15, 0.2) is 5.82 Å². The minimum atomic E-state index is -0.319. The van der Waals surface area contributed by atoms with Crippen molar-refractivity contribution >= 4 is 17.1 Å². The van der Waals surface area contributed by atoms with E-state index in [4.69, 9.17) is 4.74 Å². The highest BCUT2D eigenvalue weighted by molar-refractivity contribution is 5.77. The Labute approximate surface area is 128 Å². The third kappa shape index (κ3) is 2.32. The lowest BCUT2D eigenvalue weighted by molar-refractivity contribution is 0.132. The van der Waals surface area contributed by atoms with Gasteiger partial charge in [-0.05, 0) is 32.4 Å².